The highest BCUT2D eigenvalue weighted by atomic mass is 32.2. The molecule has 1 saturated carbocycles. The van der Waals surface area contributed by atoms with Crippen molar-refractivity contribution in [2.24, 2.45) is 0 Å². The third kappa shape index (κ3) is 2.00. The van der Waals surface area contributed by atoms with Crippen molar-refractivity contribution < 1.29 is 4.39 Å². The summed E-state index contributed by atoms with van der Waals surface area (Å²) in [5.74, 6) is -0.182. The van der Waals surface area contributed by atoms with E-state index in [-0.39, 0.29) is 10.6 Å². The first-order chi connectivity index (χ1) is 7.15. The molecule has 0 amide bonds. The molecule has 1 aromatic rings. The van der Waals surface area contributed by atoms with Crippen molar-refractivity contribution in [3.05, 3.63) is 29.6 Å². The average molecular weight is 221 g/mol. The second-order valence-electron chi connectivity index (χ2n) is 3.97. The molecule has 1 aliphatic carbocycles. The van der Waals surface area contributed by atoms with E-state index < -0.39 is 0 Å². The lowest BCUT2D eigenvalue weighted by Crippen LogP contribution is -2.30. The maximum atomic E-state index is 13.0. The summed E-state index contributed by atoms with van der Waals surface area (Å²) in [6, 6.07) is 7.41. The topological polar surface area (TPSA) is 23.8 Å². The molecule has 1 aromatic carbocycles. The van der Waals surface area contributed by atoms with Crippen LogP contribution in [0.3, 0.4) is 0 Å². The van der Waals surface area contributed by atoms with Gasteiger partial charge in [-0.15, -0.1) is 11.8 Å². The summed E-state index contributed by atoms with van der Waals surface area (Å²) in [6.07, 6.45) is 3.02. The number of halogens is 1. The molecule has 1 nitrogen and oxygen atoms in total. The highest BCUT2D eigenvalue weighted by molar-refractivity contribution is 8.01. The Kier molecular flexibility index (Phi) is 2.70. The van der Waals surface area contributed by atoms with Gasteiger partial charge in [-0.2, -0.15) is 5.26 Å². The molecule has 0 unspecified atom stereocenters. The van der Waals surface area contributed by atoms with Crippen molar-refractivity contribution in [2.75, 3.05) is 0 Å². The molecule has 1 fully saturated rings. The molecular weight excluding hydrogens is 209 g/mol. The van der Waals surface area contributed by atoms with E-state index in [1.54, 1.807) is 24.8 Å². The van der Waals surface area contributed by atoms with Gasteiger partial charge in [0.15, 0.2) is 0 Å². The summed E-state index contributed by atoms with van der Waals surface area (Å²) in [6.45, 7) is 1.75. The van der Waals surface area contributed by atoms with Crippen LogP contribution < -0.4 is 0 Å². The van der Waals surface area contributed by atoms with E-state index in [1.165, 1.54) is 6.07 Å². The van der Waals surface area contributed by atoms with Gasteiger partial charge < -0.3 is 0 Å². The molecule has 15 heavy (non-hydrogen) atoms. The Morgan fingerprint density at radius 1 is 1.47 bits per heavy atom. The van der Waals surface area contributed by atoms with Gasteiger partial charge in [-0.3, -0.25) is 0 Å². The fraction of sp³-hybridized carbons (Fsp3) is 0.417. The number of aryl methyl sites for hydroxylation is 1. The lowest BCUT2D eigenvalue weighted by molar-refractivity contribution is 0.440. The minimum atomic E-state index is -0.246. The van der Waals surface area contributed by atoms with Crippen molar-refractivity contribution in [2.45, 2.75) is 35.8 Å². The fourth-order valence-electron chi connectivity index (χ4n) is 1.64. The molecule has 0 spiro atoms. The van der Waals surface area contributed by atoms with E-state index >= 15 is 0 Å². The number of benzene rings is 1. The maximum absolute atomic E-state index is 13.0. The van der Waals surface area contributed by atoms with Crippen LogP contribution in [-0.2, 0) is 0 Å². The fourth-order valence-corrected chi connectivity index (χ4v) is 3.00. The van der Waals surface area contributed by atoms with Crippen molar-refractivity contribution >= 4 is 11.8 Å². The number of hydrogen-bond acceptors (Lipinski definition) is 2. The van der Waals surface area contributed by atoms with Gasteiger partial charge in [-0.05, 0) is 49.9 Å². The van der Waals surface area contributed by atoms with Crippen LogP contribution in [-0.4, -0.2) is 4.75 Å². The third-order valence-electron chi connectivity index (χ3n) is 2.81. The Morgan fingerprint density at radius 3 is 2.67 bits per heavy atom. The SMILES string of the molecule is Cc1cc(SC2(C#N)CCC2)ccc1F. The quantitative estimate of drug-likeness (QED) is 0.760. The molecule has 0 aromatic heterocycles. The highest BCUT2D eigenvalue weighted by Crippen LogP contribution is 2.47. The first-order valence-corrected chi connectivity index (χ1v) is 5.83. The predicted molar refractivity (Wildman–Crippen MR) is 59.2 cm³/mol. The van der Waals surface area contributed by atoms with Crippen LogP contribution in [0.1, 0.15) is 24.8 Å². The van der Waals surface area contributed by atoms with Gasteiger partial charge in [0.25, 0.3) is 0 Å². The molecule has 3 heteroatoms. The summed E-state index contributed by atoms with van der Waals surface area (Å²) in [5.41, 5.74) is 0.646. The molecule has 0 bridgehead atoms. The number of rotatable bonds is 2. The molecule has 0 aliphatic heterocycles. The summed E-state index contributed by atoms with van der Waals surface area (Å²) < 4.78 is 12.8. The molecule has 1 aliphatic rings. The summed E-state index contributed by atoms with van der Waals surface area (Å²) in [4.78, 5) is 0.996. The Balaban J connectivity index is 2.18. The van der Waals surface area contributed by atoms with Crippen LogP contribution in [0.25, 0.3) is 0 Å². The minimum absolute atomic E-state index is 0.182. The van der Waals surface area contributed by atoms with Crippen molar-refractivity contribution in [1.82, 2.24) is 0 Å². The van der Waals surface area contributed by atoms with E-state index in [2.05, 4.69) is 6.07 Å². The monoisotopic (exact) mass is 221 g/mol. The van der Waals surface area contributed by atoms with Crippen LogP contribution in [0, 0.1) is 24.1 Å². The Morgan fingerprint density at radius 2 is 2.20 bits per heavy atom. The predicted octanol–water partition coefficient (Wildman–Crippen LogP) is 3.67. The molecule has 0 heterocycles. The van der Waals surface area contributed by atoms with Crippen LogP contribution >= 0.6 is 11.8 Å². The molecule has 2 rings (SSSR count). The largest absolute Gasteiger partial charge is 0.207 e. The second-order valence-corrected chi connectivity index (χ2v) is 5.43. The van der Waals surface area contributed by atoms with Gasteiger partial charge >= 0.3 is 0 Å². The summed E-state index contributed by atoms with van der Waals surface area (Å²) >= 11 is 1.57. The zero-order chi connectivity index (χ0) is 10.9. The van der Waals surface area contributed by atoms with Crippen LogP contribution in [0.15, 0.2) is 23.1 Å². The molecule has 0 radical (unpaired) electrons. The smallest absolute Gasteiger partial charge is 0.126 e. The summed E-state index contributed by atoms with van der Waals surface area (Å²) in [5, 5.41) is 9.08. The lowest BCUT2D eigenvalue weighted by Gasteiger charge is -2.34. The average Bonchev–Trinajstić information content (AvgIpc) is 2.17. The highest BCUT2D eigenvalue weighted by Gasteiger charge is 2.38. The van der Waals surface area contributed by atoms with Crippen molar-refractivity contribution in [1.29, 1.82) is 5.26 Å². The number of nitrogens with zero attached hydrogens (tertiary/aromatic N) is 1. The van der Waals surface area contributed by atoms with Gasteiger partial charge in [0.05, 0.1) is 6.07 Å². The van der Waals surface area contributed by atoms with E-state index in [1.807, 2.05) is 6.07 Å². The standard InChI is InChI=1S/C12H12FNS/c1-9-7-10(3-4-11(9)13)15-12(8-14)5-2-6-12/h3-4,7H,2,5-6H2,1H3. The first kappa shape index (κ1) is 10.5. The van der Waals surface area contributed by atoms with E-state index in [4.69, 9.17) is 5.26 Å². The van der Waals surface area contributed by atoms with Crippen molar-refractivity contribution in [3.8, 4) is 6.07 Å². The Hall–Kier alpha value is -1.01. The minimum Gasteiger partial charge on any atom is -0.207 e. The van der Waals surface area contributed by atoms with E-state index in [9.17, 15) is 4.39 Å². The maximum Gasteiger partial charge on any atom is 0.126 e. The van der Waals surface area contributed by atoms with Gasteiger partial charge in [0.1, 0.15) is 10.6 Å². The van der Waals surface area contributed by atoms with E-state index in [0.29, 0.717) is 5.56 Å². The van der Waals surface area contributed by atoms with Gasteiger partial charge in [0.2, 0.25) is 0 Å². The summed E-state index contributed by atoms with van der Waals surface area (Å²) in [7, 11) is 0. The van der Waals surface area contributed by atoms with Crippen molar-refractivity contribution in [3.63, 3.8) is 0 Å². The van der Waals surface area contributed by atoms with Crippen LogP contribution in [0.4, 0.5) is 4.39 Å². The van der Waals surface area contributed by atoms with Gasteiger partial charge in [-0.25, -0.2) is 4.39 Å². The molecule has 0 N–H and O–H groups in total. The normalized spacial score (nSPS) is 17.9. The van der Waals surface area contributed by atoms with Crippen LogP contribution in [0.2, 0.25) is 0 Å². The zero-order valence-corrected chi connectivity index (χ0v) is 9.40. The molecule has 0 atom stereocenters. The molecular formula is C12H12FNS. The lowest BCUT2D eigenvalue weighted by atomic mass is 9.86. The van der Waals surface area contributed by atoms with Gasteiger partial charge in [0, 0.05) is 4.90 Å². The first-order valence-electron chi connectivity index (χ1n) is 5.02. The van der Waals surface area contributed by atoms with E-state index in [0.717, 1.165) is 24.2 Å². The Bertz CT molecular complexity index is 418. The number of thioether (sulfide) groups is 1. The van der Waals surface area contributed by atoms with Crippen LogP contribution in [0.5, 0.6) is 0 Å². The molecule has 0 saturated heterocycles. The zero-order valence-electron chi connectivity index (χ0n) is 8.59. The number of hydrogen-bond donors (Lipinski definition) is 0. The molecule has 78 valence electrons. The number of nitriles is 1. The Labute approximate surface area is 93.3 Å². The van der Waals surface area contributed by atoms with Gasteiger partial charge in [-0.1, -0.05) is 0 Å². The second kappa shape index (κ2) is 3.86. The third-order valence-corrected chi connectivity index (χ3v) is 4.19.